The highest BCUT2D eigenvalue weighted by atomic mass is 127. The van der Waals surface area contributed by atoms with Gasteiger partial charge in [-0.15, -0.1) is 0 Å². The summed E-state index contributed by atoms with van der Waals surface area (Å²) in [5.74, 6) is 0. The Hall–Kier alpha value is -0.680. The first kappa shape index (κ1) is 14.4. The predicted molar refractivity (Wildman–Crippen MR) is 70.7 cm³/mol. The van der Waals surface area contributed by atoms with Crippen molar-refractivity contribution in [2.75, 3.05) is 0 Å². The molecule has 88 valence electrons. The summed E-state index contributed by atoms with van der Waals surface area (Å²) in [7, 11) is 2.04. The van der Waals surface area contributed by atoms with Crippen molar-refractivity contribution in [3.63, 3.8) is 0 Å². The van der Waals surface area contributed by atoms with Crippen LogP contribution in [-0.2, 0) is 7.05 Å². The summed E-state index contributed by atoms with van der Waals surface area (Å²) in [4.78, 5) is 0. The summed E-state index contributed by atoms with van der Waals surface area (Å²) >= 11 is 3.42. The zero-order chi connectivity index (χ0) is 11.4. The second-order valence-electron chi connectivity index (χ2n) is 3.62. The van der Waals surface area contributed by atoms with Crippen molar-refractivity contribution in [2.45, 2.75) is 0 Å². The van der Waals surface area contributed by atoms with Gasteiger partial charge in [0.2, 0.25) is 5.69 Å². The van der Waals surface area contributed by atoms with Crippen molar-refractivity contribution in [3.05, 3.63) is 64.4 Å². The third-order valence-corrected chi connectivity index (χ3v) is 2.94. The Labute approximate surface area is 127 Å². The van der Waals surface area contributed by atoms with Crippen LogP contribution in [0.5, 0.6) is 0 Å². The molecule has 0 radical (unpaired) electrons. The number of pyridine rings is 1. The van der Waals surface area contributed by atoms with E-state index < -0.39 is 0 Å². The minimum atomic E-state index is 0. The number of nitrogens with zero attached hydrogens (tertiary/aromatic N) is 1. The molecule has 17 heavy (non-hydrogen) atoms. The lowest BCUT2D eigenvalue weighted by molar-refractivity contribution is -0.673. The minimum absolute atomic E-state index is 0. The van der Waals surface area contributed by atoms with Gasteiger partial charge in [-0.1, -0.05) is 28.1 Å². The van der Waals surface area contributed by atoms with Crippen LogP contribution in [0, 0.1) is 0 Å². The van der Waals surface area contributed by atoms with Crippen molar-refractivity contribution >= 4 is 28.1 Å². The predicted octanol–water partition coefficient (Wildman–Crippen LogP) is 0.448. The number of hydrogen-bond acceptors (Lipinski definition) is 0. The summed E-state index contributed by atoms with van der Waals surface area (Å²) in [6, 6.07) is 14.4. The molecule has 0 N–H and O–H groups in total. The zero-order valence-electron chi connectivity index (χ0n) is 9.48. The van der Waals surface area contributed by atoms with Gasteiger partial charge in [0.05, 0.1) is 0 Å². The molecular weight excluding hydrogens is 389 g/mol. The van der Waals surface area contributed by atoms with Crippen LogP contribution >= 0.6 is 15.9 Å². The smallest absolute Gasteiger partial charge is 0.204 e. The number of aromatic nitrogens is 1. The molecule has 0 bridgehead atoms. The van der Waals surface area contributed by atoms with Gasteiger partial charge in [-0.25, -0.2) is 4.57 Å². The molecule has 1 nitrogen and oxygen atoms in total. The Morgan fingerprint density at radius 3 is 2.35 bits per heavy atom. The van der Waals surface area contributed by atoms with Crippen molar-refractivity contribution in [1.29, 1.82) is 0 Å². The number of benzene rings is 1. The van der Waals surface area contributed by atoms with Crippen molar-refractivity contribution in [1.82, 2.24) is 0 Å². The lowest BCUT2D eigenvalue weighted by Crippen LogP contribution is -3.00. The molecule has 0 aliphatic rings. The van der Waals surface area contributed by atoms with Gasteiger partial charge in [-0.2, -0.15) is 0 Å². The van der Waals surface area contributed by atoms with Gasteiger partial charge < -0.3 is 24.0 Å². The molecule has 0 atom stereocenters. The molecule has 0 saturated carbocycles. The fourth-order valence-corrected chi connectivity index (χ4v) is 1.73. The standard InChI is InChI=1S/C14H13BrN.HI/c1-16-11-3-2-4-14(16)10-7-12-5-8-13(15)9-6-12;/h2-11H,1H3;1H/q+1;/p-1/b10-7+;. The first-order valence-corrected chi connectivity index (χ1v) is 5.93. The molecule has 1 heterocycles. The summed E-state index contributed by atoms with van der Waals surface area (Å²) in [5, 5.41) is 0. The van der Waals surface area contributed by atoms with Crippen LogP contribution in [0.3, 0.4) is 0 Å². The van der Waals surface area contributed by atoms with Crippen molar-refractivity contribution < 1.29 is 28.5 Å². The normalized spacial score (nSPS) is 10.2. The van der Waals surface area contributed by atoms with Gasteiger partial charge in [-0.05, 0) is 29.8 Å². The molecule has 0 unspecified atom stereocenters. The topological polar surface area (TPSA) is 3.88 Å². The molecule has 0 spiro atoms. The van der Waals surface area contributed by atoms with E-state index >= 15 is 0 Å². The highest BCUT2D eigenvalue weighted by molar-refractivity contribution is 9.10. The second-order valence-corrected chi connectivity index (χ2v) is 4.54. The average molecular weight is 402 g/mol. The molecule has 3 heteroatoms. The lowest BCUT2D eigenvalue weighted by atomic mass is 10.2. The van der Waals surface area contributed by atoms with E-state index in [1.54, 1.807) is 0 Å². The molecule has 1 aromatic heterocycles. The molecule has 2 rings (SSSR count). The van der Waals surface area contributed by atoms with Crippen LogP contribution < -0.4 is 28.5 Å². The molecule has 0 fully saturated rings. The largest absolute Gasteiger partial charge is 1.00 e. The number of aryl methyl sites for hydroxylation is 1. The van der Waals surface area contributed by atoms with E-state index in [-0.39, 0.29) is 24.0 Å². The molecule has 0 aliphatic heterocycles. The Balaban J connectivity index is 0.00000144. The van der Waals surface area contributed by atoms with E-state index in [0.29, 0.717) is 0 Å². The summed E-state index contributed by atoms with van der Waals surface area (Å²) in [5.41, 5.74) is 2.39. The van der Waals surface area contributed by atoms with Crippen LogP contribution in [0.1, 0.15) is 11.3 Å². The maximum Gasteiger partial charge on any atom is 0.204 e. The fourth-order valence-electron chi connectivity index (χ4n) is 1.47. The summed E-state index contributed by atoms with van der Waals surface area (Å²) in [6.07, 6.45) is 6.27. The van der Waals surface area contributed by atoms with Gasteiger partial charge in [0.1, 0.15) is 7.05 Å². The highest BCUT2D eigenvalue weighted by Crippen LogP contribution is 2.12. The third-order valence-electron chi connectivity index (χ3n) is 2.41. The van der Waals surface area contributed by atoms with Gasteiger partial charge in [-0.3, -0.25) is 0 Å². The van der Waals surface area contributed by atoms with Crippen LogP contribution in [0.2, 0.25) is 0 Å². The Morgan fingerprint density at radius 2 is 1.71 bits per heavy atom. The molecule has 0 amide bonds. The van der Waals surface area contributed by atoms with Gasteiger partial charge in [0, 0.05) is 22.7 Å². The van der Waals surface area contributed by atoms with Gasteiger partial charge >= 0.3 is 0 Å². The molecular formula is C14H13BrIN. The number of rotatable bonds is 2. The molecule has 0 aliphatic carbocycles. The van der Waals surface area contributed by atoms with E-state index in [0.717, 1.165) is 4.47 Å². The van der Waals surface area contributed by atoms with E-state index in [4.69, 9.17) is 0 Å². The Bertz CT molecular complexity index is 506. The fraction of sp³-hybridized carbons (Fsp3) is 0.0714. The summed E-state index contributed by atoms with van der Waals surface area (Å²) in [6.45, 7) is 0. The van der Waals surface area contributed by atoms with Crippen molar-refractivity contribution in [3.8, 4) is 0 Å². The quantitative estimate of drug-likeness (QED) is 0.508. The van der Waals surface area contributed by atoms with Crippen LogP contribution in [-0.4, -0.2) is 0 Å². The molecule has 1 aromatic carbocycles. The monoisotopic (exact) mass is 401 g/mol. The van der Waals surface area contributed by atoms with E-state index in [9.17, 15) is 0 Å². The highest BCUT2D eigenvalue weighted by Gasteiger charge is 1.98. The van der Waals surface area contributed by atoms with Gasteiger partial charge in [0.25, 0.3) is 0 Å². The molecule has 2 aromatic rings. The van der Waals surface area contributed by atoms with Crippen LogP contribution in [0.25, 0.3) is 12.2 Å². The maximum absolute atomic E-state index is 3.42. The molecule has 0 saturated heterocycles. The lowest BCUT2D eigenvalue weighted by Gasteiger charge is -1.94. The number of hydrogen-bond donors (Lipinski definition) is 0. The minimum Gasteiger partial charge on any atom is -1.00 e. The zero-order valence-corrected chi connectivity index (χ0v) is 13.2. The maximum atomic E-state index is 3.42. The average Bonchev–Trinajstić information content (AvgIpc) is 2.30. The van der Waals surface area contributed by atoms with Crippen molar-refractivity contribution in [2.24, 2.45) is 7.05 Å². The van der Waals surface area contributed by atoms with Crippen LogP contribution in [0.4, 0.5) is 0 Å². The third kappa shape index (κ3) is 4.24. The van der Waals surface area contributed by atoms with Crippen LogP contribution in [0.15, 0.2) is 53.1 Å². The van der Waals surface area contributed by atoms with E-state index in [1.165, 1.54) is 11.3 Å². The summed E-state index contributed by atoms with van der Waals surface area (Å²) < 4.78 is 3.20. The van der Waals surface area contributed by atoms with E-state index in [1.807, 2.05) is 37.5 Å². The Kier molecular flexibility index (Phi) is 5.85. The van der Waals surface area contributed by atoms with Gasteiger partial charge in [0.15, 0.2) is 6.20 Å². The van der Waals surface area contributed by atoms with E-state index in [2.05, 4.69) is 50.8 Å². The first-order chi connectivity index (χ1) is 7.75. The number of halogens is 2. The Morgan fingerprint density at radius 1 is 1.00 bits per heavy atom. The first-order valence-electron chi connectivity index (χ1n) is 5.14. The second kappa shape index (κ2) is 6.91. The SMILES string of the molecule is C[n+]1ccccc1/C=C/c1ccc(Br)cc1.[I-].